The van der Waals surface area contributed by atoms with E-state index in [-0.39, 0.29) is 5.56 Å². The molecule has 0 saturated heterocycles. The molecule has 0 amide bonds. The van der Waals surface area contributed by atoms with E-state index in [0.29, 0.717) is 12.8 Å². The van der Waals surface area contributed by atoms with E-state index in [1.54, 1.807) is 13.8 Å². The smallest absolute Gasteiger partial charge is 0.182 e. The van der Waals surface area contributed by atoms with Crippen molar-refractivity contribution < 1.29 is 13.6 Å². The molecular formula is C12H15F2NO. The predicted molar refractivity (Wildman–Crippen MR) is 58.2 cm³/mol. The number of rotatable bonds is 4. The van der Waals surface area contributed by atoms with Crippen molar-refractivity contribution in [1.82, 2.24) is 0 Å². The summed E-state index contributed by atoms with van der Waals surface area (Å²) >= 11 is 0. The molecule has 1 aromatic rings. The predicted octanol–water partition coefficient (Wildman–Crippen LogP) is 2.67. The van der Waals surface area contributed by atoms with Crippen LogP contribution in [0.2, 0.25) is 0 Å². The minimum Gasteiger partial charge on any atom is -0.319 e. The zero-order valence-corrected chi connectivity index (χ0v) is 9.39. The van der Waals surface area contributed by atoms with Crippen LogP contribution in [0.1, 0.15) is 37.0 Å². The lowest BCUT2D eigenvalue weighted by Crippen LogP contribution is -2.46. The fourth-order valence-corrected chi connectivity index (χ4v) is 1.54. The first-order valence-corrected chi connectivity index (χ1v) is 5.22. The minimum absolute atomic E-state index is 0.0105. The molecule has 88 valence electrons. The van der Waals surface area contributed by atoms with Gasteiger partial charge in [0, 0.05) is 11.6 Å². The first kappa shape index (κ1) is 12.8. The van der Waals surface area contributed by atoms with Gasteiger partial charge in [0.2, 0.25) is 0 Å². The molecule has 0 saturated carbocycles. The maximum atomic E-state index is 13.0. The van der Waals surface area contributed by atoms with Gasteiger partial charge in [-0.3, -0.25) is 4.79 Å². The van der Waals surface area contributed by atoms with Crippen molar-refractivity contribution >= 4 is 5.78 Å². The molecule has 16 heavy (non-hydrogen) atoms. The average molecular weight is 227 g/mol. The van der Waals surface area contributed by atoms with Crippen molar-refractivity contribution in [2.45, 2.75) is 32.2 Å². The zero-order valence-electron chi connectivity index (χ0n) is 9.39. The van der Waals surface area contributed by atoms with Crippen molar-refractivity contribution in [2.24, 2.45) is 5.73 Å². The molecule has 0 spiro atoms. The monoisotopic (exact) mass is 227 g/mol. The minimum atomic E-state index is -1.04. The Labute approximate surface area is 93.5 Å². The summed E-state index contributed by atoms with van der Waals surface area (Å²) in [6, 6.07) is 2.75. The van der Waals surface area contributed by atoms with E-state index in [9.17, 15) is 13.6 Å². The van der Waals surface area contributed by atoms with Gasteiger partial charge >= 0.3 is 0 Å². The number of benzene rings is 1. The Kier molecular flexibility index (Phi) is 3.75. The SMILES string of the molecule is CCC(N)(CC)C(=O)c1cc(F)cc(F)c1. The number of carbonyl (C=O) groups is 1. The Morgan fingerprint density at radius 2 is 1.62 bits per heavy atom. The number of halogens is 2. The highest BCUT2D eigenvalue weighted by atomic mass is 19.1. The Morgan fingerprint density at radius 1 is 1.19 bits per heavy atom. The van der Waals surface area contributed by atoms with Gasteiger partial charge in [0.1, 0.15) is 11.6 Å². The quantitative estimate of drug-likeness (QED) is 0.803. The Hall–Kier alpha value is -1.29. The highest BCUT2D eigenvalue weighted by Crippen LogP contribution is 2.19. The van der Waals surface area contributed by atoms with E-state index in [1.165, 1.54) is 0 Å². The van der Waals surface area contributed by atoms with Gasteiger partial charge in [0.25, 0.3) is 0 Å². The second-order valence-electron chi connectivity index (χ2n) is 3.85. The van der Waals surface area contributed by atoms with Gasteiger partial charge < -0.3 is 5.73 Å². The van der Waals surface area contributed by atoms with Crippen LogP contribution in [-0.4, -0.2) is 11.3 Å². The summed E-state index contributed by atoms with van der Waals surface area (Å²) in [6.07, 6.45) is 0.862. The molecule has 0 unspecified atom stereocenters. The van der Waals surface area contributed by atoms with Gasteiger partial charge in [-0.25, -0.2) is 8.78 Å². The van der Waals surface area contributed by atoms with Gasteiger partial charge in [-0.1, -0.05) is 13.8 Å². The van der Waals surface area contributed by atoms with E-state index in [2.05, 4.69) is 0 Å². The number of hydrogen-bond acceptors (Lipinski definition) is 2. The fourth-order valence-electron chi connectivity index (χ4n) is 1.54. The lowest BCUT2D eigenvalue weighted by atomic mass is 9.85. The zero-order chi connectivity index (χ0) is 12.3. The Balaban J connectivity index is 3.13. The standard InChI is InChI=1S/C12H15F2NO/c1-3-12(15,4-2)11(16)8-5-9(13)7-10(14)6-8/h5-7H,3-4,15H2,1-2H3. The highest BCUT2D eigenvalue weighted by Gasteiger charge is 2.31. The number of ketones is 1. The molecule has 0 aliphatic heterocycles. The van der Waals surface area contributed by atoms with Crippen LogP contribution in [0, 0.1) is 11.6 Å². The number of hydrogen-bond donors (Lipinski definition) is 1. The van der Waals surface area contributed by atoms with Gasteiger partial charge in [0.15, 0.2) is 5.78 Å². The second kappa shape index (κ2) is 4.70. The van der Waals surface area contributed by atoms with Crippen molar-refractivity contribution in [3.8, 4) is 0 Å². The van der Waals surface area contributed by atoms with Crippen molar-refractivity contribution in [1.29, 1.82) is 0 Å². The van der Waals surface area contributed by atoms with Crippen LogP contribution in [0.15, 0.2) is 18.2 Å². The van der Waals surface area contributed by atoms with Gasteiger partial charge in [-0.05, 0) is 25.0 Å². The molecule has 0 aromatic heterocycles. The van der Waals surface area contributed by atoms with Crippen LogP contribution in [0.4, 0.5) is 8.78 Å². The van der Waals surface area contributed by atoms with Crippen molar-refractivity contribution in [3.63, 3.8) is 0 Å². The molecule has 4 heteroatoms. The largest absolute Gasteiger partial charge is 0.319 e. The van der Waals surface area contributed by atoms with Crippen LogP contribution < -0.4 is 5.73 Å². The van der Waals surface area contributed by atoms with Crippen LogP contribution >= 0.6 is 0 Å². The topological polar surface area (TPSA) is 43.1 Å². The van der Waals surface area contributed by atoms with E-state index in [1.807, 2.05) is 0 Å². The molecule has 1 rings (SSSR count). The fraction of sp³-hybridized carbons (Fsp3) is 0.417. The molecule has 0 heterocycles. The summed E-state index contributed by atoms with van der Waals surface area (Å²) in [6.45, 7) is 3.55. The molecule has 0 aliphatic rings. The Bertz CT molecular complexity index is 380. The molecule has 0 atom stereocenters. The van der Waals surface area contributed by atoms with Gasteiger partial charge in [-0.2, -0.15) is 0 Å². The van der Waals surface area contributed by atoms with Crippen LogP contribution in [0.25, 0.3) is 0 Å². The van der Waals surface area contributed by atoms with E-state index >= 15 is 0 Å². The van der Waals surface area contributed by atoms with Gasteiger partial charge in [-0.15, -0.1) is 0 Å². The molecule has 0 bridgehead atoms. The van der Waals surface area contributed by atoms with Crippen molar-refractivity contribution in [3.05, 3.63) is 35.4 Å². The third-order valence-electron chi connectivity index (χ3n) is 2.84. The Morgan fingerprint density at radius 3 is 2.00 bits per heavy atom. The first-order valence-electron chi connectivity index (χ1n) is 5.22. The second-order valence-corrected chi connectivity index (χ2v) is 3.85. The molecule has 1 aromatic carbocycles. The normalized spacial score (nSPS) is 11.6. The number of nitrogens with two attached hydrogens (primary N) is 1. The van der Waals surface area contributed by atoms with Crippen LogP contribution in [0.5, 0.6) is 0 Å². The summed E-state index contributed by atoms with van der Waals surface area (Å²) in [7, 11) is 0. The van der Waals surface area contributed by atoms with E-state index in [0.717, 1.165) is 18.2 Å². The van der Waals surface area contributed by atoms with Crippen LogP contribution in [-0.2, 0) is 0 Å². The third-order valence-corrected chi connectivity index (χ3v) is 2.84. The summed E-state index contributed by atoms with van der Waals surface area (Å²) in [5, 5.41) is 0. The lowest BCUT2D eigenvalue weighted by molar-refractivity contribution is 0.0878. The number of carbonyl (C=O) groups excluding carboxylic acids is 1. The van der Waals surface area contributed by atoms with Gasteiger partial charge in [0.05, 0.1) is 5.54 Å². The average Bonchev–Trinajstić information content (AvgIpc) is 2.25. The number of Topliss-reactive ketones (excluding diaryl/α,β-unsaturated/α-hetero) is 1. The van der Waals surface area contributed by atoms with E-state index in [4.69, 9.17) is 5.73 Å². The third kappa shape index (κ3) is 2.44. The summed E-state index contributed by atoms with van der Waals surface area (Å²) in [4.78, 5) is 12.0. The summed E-state index contributed by atoms with van der Waals surface area (Å²) < 4.78 is 25.9. The maximum absolute atomic E-state index is 13.0. The molecule has 2 N–H and O–H groups in total. The highest BCUT2D eigenvalue weighted by molar-refractivity contribution is 6.03. The molecular weight excluding hydrogens is 212 g/mol. The first-order chi connectivity index (χ1) is 7.42. The molecule has 0 fully saturated rings. The molecule has 2 nitrogen and oxygen atoms in total. The summed E-state index contributed by atoms with van der Waals surface area (Å²) in [5.41, 5.74) is 4.83. The summed E-state index contributed by atoms with van der Waals surface area (Å²) in [5.74, 6) is -1.95. The molecule has 0 aliphatic carbocycles. The maximum Gasteiger partial charge on any atom is 0.182 e. The molecule has 0 radical (unpaired) electrons. The van der Waals surface area contributed by atoms with E-state index < -0.39 is 23.0 Å². The van der Waals surface area contributed by atoms with Crippen molar-refractivity contribution in [2.75, 3.05) is 0 Å². The van der Waals surface area contributed by atoms with Crippen LogP contribution in [0.3, 0.4) is 0 Å². The lowest BCUT2D eigenvalue weighted by Gasteiger charge is -2.24.